The summed E-state index contributed by atoms with van der Waals surface area (Å²) in [5.74, 6) is -1.28. The fourth-order valence-corrected chi connectivity index (χ4v) is 2.32. The molecule has 0 saturated heterocycles. The Morgan fingerprint density at radius 2 is 2.11 bits per heavy atom. The van der Waals surface area contributed by atoms with Gasteiger partial charge in [0.2, 0.25) is 5.91 Å². The largest absolute Gasteiger partial charge is 0.481 e. The van der Waals surface area contributed by atoms with Crippen LogP contribution in [0.25, 0.3) is 0 Å². The van der Waals surface area contributed by atoms with Gasteiger partial charge in [0.25, 0.3) is 0 Å². The molecule has 0 aliphatic heterocycles. The fraction of sp³-hybridized carbons (Fsp3) is 0.538. The van der Waals surface area contributed by atoms with Crippen LogP contribution in [0.1, 0.15) is 38.1 Å². The summed E-state index contributed by atoms with van der Waals surface area (Å²) in [4.78, 5) is 23.7. The number of thiophene rings is 1. The van der Waals surface area contributed by atoms with Crippen molar-refractivity contribution in [3.8, 4) is 0 Å². The molecular formula is C13H20N2O3S. The van der Waals surface area contributed by atoms with Crippen LogP contribution in [0.5, 0.6) is 0 Å². The first-order chi connectivity index (χ1) is 8.71. The maximum atomic E-state index is 12.1. The monoisotopic (exact) mass is 284 g/mol. The zero-order valence-corrected chi connectivity index (χ0v) is 12.2. The fourth-order valence-electron chi connectivity index (χ4n) is 1.54. The Morgan fingerprint density at radius 3 is 2.53 bits per heavy atom. The Kier molecular flexibility index (Phi) is 5.08. The van der Waals surface area contributed by atoms with Crippen LogP contribution < -0.4 is 11.1 Å². The molecule has 19 heavy (non-hydrogen) atoms. The predicted molar refractivity (Wildman–Crippen MR) is 74.9 cm³/mol. The Hall–Kier alpha value is -1.40. The molecule has 1 aromatic heterocycles. The Labute approximate surface area is 116 Å². The lowest BCUT2D eigenvalue weighted by Crippen LogP contribution is -2.49. The summed E-state index contributed by atoms with van der Waals surface area (Å²) in [6, 6.07) is 2.42. The van der Waals surface area contributed by atoms with E-state index in [1.165, 1.54) is 11.3 Å². The number of hydrogen-bond donors (Lipinski definition) is 3. The highest BCUT2D eigenvalue weighted by atomic mass is 32.1. The van der Waals surface area contributed by atoms with Crippen molar-refractivity contribution in [3.63, 3.8) is 0 Å². The molecule has 1 amide bonds. The summed E-state index contributed by atoms with van der Waals surface area (Å²) >= 11 is 1.42. The molecule has 6 heteroatoms. The molecule has 0 spiro atoms. The number of hydrogen-bond acceptors (Lipinski definition) is 4. The van der Waals surface area contributed by atoms with E-state index >= 15 is 0 Å². The first-order valence-electron chi connectivity index (χ1n) is 6.03. The highest BCUT2D eigenvalue weighted by Gasteiger charge is 2.30. The SMILES string of the molecule is CC(C)(C)[C@H](N)C(=O)NC(CC(=O)O)c1cccs1. The second kappa shape index (κ2) is 6.16. The quantitative estimate of drug-likeness (QED) is 0.768. The van der Waals surface area contributed by atoms with E-state index in [0.29, 0.717) is 0 Å². The van der Waals surface area contributed by atoms with E-state index in [-0.39, 0.29) is 17.7 Å². The molecule has 1 rings (SSSR count). The molecule has 0 bridgehead atoms. The molecule has 4 N–H and O–H groups in total. The third kappa shape index (κ3) is 4.65. The van der Waals surface area contributed by atoms with E-state index in [0.717, 1.165) is 4.88 Å². The lowest BCUT2D eigenvalue weighted by atomic mass is 9.86. The number of amides is 1. The third-order valence-corrected chi connectivity index (χ3v) is 3.78. The van der Waals surface area contributed by atoms with Crippen molar-refractivity contribution in [2.45, 2.75) is 39.3 Å². The summed E-state index contributed by atoms with van der Waals surface area (Å²) in [5.41, 5.74) is 5.50. The summed E-state index contributed by atoms with van der Waals surface area (Å²) in [5, 5.41) is 13.5. The van der Waals surface area contributed by atoms with Gasteiger partial charge in [-0.1, -0.05) is 26.8 Å². The number of rotatable bonds is 5. The average Bonchev–Trinajstić information content (AvgIpc) is 2.78. The van der Waals surface area contributed by atoms with Gasteiger partial charge >= 0.3 is 5.97 Å². The summed E-state index contributed by atoms with van der Waals surface area (Å²) in [6.45, 7) is 5.61. The number of nitrogens with one attached hydrogen (secondary N) is 1. The van der Waals surface area contributed by atoms with Gasteiger partial charge in [0.1, 0.15) is 0 Å². The highest BCUT2D eigenvalue weighted by molar-refractivity contribution is 7.10. The van der Waals surface area contributed by atoms with Gasteiger partial charge in [-0.3, -0.25) is 9.59 Å². The van der Waals surface area contributed by atoms with E-state index in [4.69, 9.17) is 10.8 Å². The second-order valence-electron chi connectivity index (χ2n) is 5.52. The second-order valence-corrected chi connectivity index (χ2v) is 6.50. The molecule has 0 aliphatic carbocycles. The van der Waals surface area contributed by atoms with E-state index in [2.05, 4.69) is 5.32 Å². The molecule has 1 aromatic rings. The van der Waals surface area contributed by atoms with Crippen LogP contribution in [-0.2, 0) is 9.59 Å². The molecular weight excluding hydrogens is 264 g/mol. The van der Waals surface area contributed by atoms with Crippen molar-refractivity contribution in [2.24, 2.45) is 11.1 Å². The minimum Gasteiger partial charge on any atom is -0.481 e. The third-order valence-electron chi connectivity index (χ3n) is 2.80. The van der Waals surface area contributed by atoms with Crippen molar-refractivity contribution in [2.75, 3.05) is 0 Å². The van der Waals surface area contributed by atoms with Crippen molar-refractivity contribution < 1.29 is 14.7 Å². The zero-order valence-electron chi connectivity index (χ0n) is 11.3. The van der Waals surface area contributed by atoms with Gasteiger partial charge < -0.3 is 16.2 Å². The van der Waals surface area contributed by atoms with Crippen LogP contribution in [0.15, 0.2) is 17.5 Å². The Balaban J connectivity index is 2.79. The number of carboxylic acid groups (broad SMARTS) is 1. The van der Waals surface area contributed by atoms with Crippen LogP contribution in [0.3, 0.4) is 0 Å². The van der Waals surface area contributed by atoms with Crippen LogP contribution >= 0.6 is 11.3 Å². The minimum absolute atomic E-state index is 0.150. The molecule has 0 saturated carbocycles. The zero-order chi connectivity index (χ0) is 14.6. The molecule has 1 heterocycles. The number of carbonyl (C=O) groups is 2. The molecule has 106 valence electrons. The van der Waals surface area contributed by atoms with Gasteiger partial charge in [0, 0.05) is 4.88 Å². The molecule has 0 fully saturated rings. The summed E-state index contributed by atoms with van der Waals surface area (Å²) in [6.07, 6.45) is -0.150. The highest BCUT2D eigenvalue weighted by Crippen LogP contribution is 2.24. The maximum Gasteiger partial charge on any atom is 0.305 e. The Morgan fingerprint density at radius 1 is 1.47 bits per heavy atom. The van der Waals surface area contributed by atoms with Gasteiger partial charge in [-0.05, 0) is 16.9 Å². The first-order valence-corrected chi connectivity index (χ1v) is 6.91. The number of nitrogens with two attached hydrogens (primary N) is 1. The van der Waals surface area contributed by atoms with Gasteiger partial charge in [-0.25, -0.2) is 0 Å². The van der Waals surface area contributed by atoms with E-state index in [1.807, 2.05) is 32.2 Å². The summed E-state index contributed by atoms with van der Waals surface area (Å²) < 4.78 is 0. The van der Waals surface area contributed by atoms with Crippen LogP contribution in [0.2, 0.25) is 0 Å². The molecule has 0 radical (unpaired) electrons. The normalized spacial score (nSPS) is 14.7. The maximum absolute atomic E-state index is 12.1. The van der Waals surface area contributed by atoms with E-state index < -0.39 is 18.1 Å². The van der Waals surface area contributed by atoms with Crippen LogP contribution in [0.4, 0.5) is 0 Å². The Bertz CT molecular complexity index is 437. The van der Waals surface area contributed by atoms with Gasteiger partial charge in [0.15, 0.2) is 0 Å². The average molecular weight is 284 g/mol. The standard InChI is InChI=1S/C13H20N2O3S/c1-13(2,3)11(14)12(18)15-8(7-10(16)17)9-5-4-6-19-9/h4-6,8,11H,7,14H2,1-3H3,(H,15,18)(H,16,17)/t8?,11-/m1/s1. The van der Waals surface area contributed by atoms with E-state index in [1.54, 1.807) is 6.07 Å². The number of carbonyl (C=O) groups excluding carboxylic acids is 1. The lowest BCUT2D eigenvalue weighted by molar-refractivity contribution is -0.137. The summed E-state index contributed by atoms with van der Waals surface area (Å²) in [7, 11) is 0. The lowest BCUT2D eigenvalue weighted by Gasteiger charge is -2.27. The molecule has 0 aromatic carbocycles. The number of aliphatic carboxylic acids is 1. The van der Waals surface area contributed by atoms with E-state index in [9.17, 15) is 9.59 Å². The first kappa shape index (κ1) is 15.7. The van der Waals surface area contributed by atoms with Crippen molar-refractivity contribution in [1.82, 2.24) is 5.32 Å². The number of carboxylic acids is 1. The van der Waals surface area contributed by atoms with Crippen LogP contribution in [0, 0.1) is 5.41 Å². The molecule has 2 atom stereocenters. The topological polar surface area (TPSA) is 92.4 Å². The van der Waals surface area contributed by atoms with Crippen molar-refractivity contribution in [1.29, 1.82) is 0 Å². The predicted octanol–water partition coefficient (Wildman–Crippen LogP) is 1.75. The minimum atomic E-state index is -0.956. The molecule has 5 nitrogen and oxygen atoms in total. The van der Waals surface area contributed by atoms with Crippen LogP contribution in [-0.4, -0.2) is 23.0 Å². The van der Waals surface area contributed by atoms with Gasteiger partial charge in [0.05, 0.1) is 18.5 Å². The molecule has 0 aliphatic rings. The van der Waals surface area contributed by atoms with Crippen molar-refractivity contribution >= 4 is 23.2 Å². The smallest absolute Gasteiger partial charge is 0.305 e. The van der Waals surface area contributed by atoms with Crippen molar-refractivity contribution in [3.05, 3.63) is 22.4 Å². The van der Waals surface area contributed by atoms with Gasteiger partial charge in [-0.2, -0.15) is 0 Å². The molecule has 1 unspecified atom stereocenters. The van der Waals surface area contributed by atoms with Gasteiger partial charge in [-0.15, -0.1) is 11.3 Å².